The first-order chi connectivity index (χ1) is 21.2. The zero-order chi connectivity index (χ0) is 31.7. The van der Waals surface area contributed by atoms with E-state index >= 15 is 0 Å². The minimum atomic E-state index is -4.21. The molecular formula is C33H40ClN3O6S. The number of halogens is 1. The van der Waals surface area contributed by atoms with Gasteiger partial charge in [-0.05, 0) is 61.2 Å². The maximum absolute atomic E-state index is 14.3. The number of anilines is 1. The Morgan fingerprint density at radius 2 is 1.59 bits per heavy atom. The monoisotopic (exact) mass is 641 g/mol. The Morgan fingerprint density at radius 1 is 0.932 bits per heavy atom. The third-order valence-electron chi connectivity index (χ3n) is 7.87. The first kappa shape index (κ1) is 33.1. The molecule has 0 aliphatic heterocycles. The lowest BCUT2D eigenvalue weighted by Gasteiger charge is -2.34. The van der Waals surface area contributed by atoms with Crippen LogP contribution in [0.3, 0.4) is 0 Å². The van der Waals surface area contributed by atoms with Crippen LogP contribution in [0.2, 0.25) is 5.02 Å². The SMILES string of the molecule is CCC(C(=O)NC1CCCCC1)N(Cc1ccc(Cl)cc1)C(=O)CN(c1ccc(OC)c(OC)c1)S(=O)(=O)c1ccccc1. The van der Waals surface area contributed by atoms with Crippen LogP contribution in [0, 0.1) is 0 Å². The number of methoxy groups -OCH3 is 2. The second kappa shape index (κ2) is 15.3. The van der Waals surface area contributed by atoms with Gasteiger partial charge >= 0.3 is 0 Å². The van der Waals surface area contributed by atoms with Gasteiger partial charge in [0.15, 0.2) is 11.5 Å². The smallest absolute Gasteiger partial charge is 0.264 e. The van der Waals surface area contributed by atoms with E-state index in [2.05, 4.69) is 5.32 Å². The van der Waals surface area contributed by atoms with E-state index in [1.165, 1.54) is 37.3 Å². The van der Waals surface area contributed by atoms with Crippen molar-refractivity contribution in [2.45, 2.75) is 69.0 Å². The van der Waals surface area contributed by atoms with Crippen LogP contribution in [0.1, 0.15) is 51.0 Å². The van der Waals surface area contributed by atoms with E-state index in [-0.39, 0.29) is 29.1 Å². The van der Waals surface area contributed by atoms with Gasteiger partial charge in [-0.2, -0.15) is 0 Å². The number of nitrogens with one attached hydrogen (secondary N) is 1. The normalized spacial score (nSPS) is 14.4. The molecule has 0 radical (unpaired) electrons. The highest BCUT2D eigenvalue weighted by molar-refractivity contribution is 7.92. The summed E-state index contributed by atoms with van der Waals surface area (Å²) in [5, 5.41) is 3.70. The van der Waals surface area contributed by atoms with Gasteiger partial charge in [-0.15, -0.1) is 0 Å². The first-order valence-electron chi connectivity index (χ1n) is 14.8. The van der Waals surface area contributed by atoms with Crippen molar-refractivity contribution in [2.24, 2.45) is 0 Å². The summed E-state index contributed by atoms with van der Waals surface area (Å²) in [6.07, 6.45) is 5.39. The molecule has 1 aliphatic carbocycles. The summed E-state index contributed by atoms with van der Waals surface area (Å²) in [6.45, 7) is 1.39. The highest BCUT2D eigenvalue weighted by Gasteiger charge is 2.34. The summed E-state index contributed by atoms with van der Waals surface area (Å²) in [7, 11) is -1.27. The van der Waals surface area contributed by atoms with Crippen LogP contribution in [0.4, 0.5) is 5.69 Å². The summed E-state index contributed by atoms with van der Waals surface area (Å²) < 4.78 is 40.0. The van der Waals surface area contributed by atoms with Crippen LogP contribution in [-0.2, 0) is 26.2 Å². The Bertz CT molecular complexity index is 1510. The Labute approximate surface area is 265 Å². The fraction of sp³-hybridized carbons (Fsp3) is 0.394. The van der Waals surface area contributed by atoms with Crippen molar-refractivity contribution in [3.05, 3.63) is 83.4 Å². The van der Waals surface area contributed by atoms with E-state index in [0.29, 0.717) is 22.9 Å². The van der Waals surface area contributed by atoms with Crippen molar-refractivity contribution < 1.29 is 27.5 Å². The molecule has 0 heterocycles. The number of hydrogen-bond donors (Lipinski definition) is 1. The summed E-state index contributed by atoms with van der Waals surface area (Å²) in [6, 6.07) is 18.9. The molecule has 44 heavy (non-hydrogen) atoms. The van der Waals surface area contributed by atoms with Crippen molar-refractivity contribution in [3.63, 3.8) is 0 Å². The molecule has 4 rings (SSSR count). The number of sulfonamides is 1. The summed E-state index contributed by atoms with van der Waals surface area (Å²) in [5.74, 6) is -0.0540. The van der Waals surface area contributed by atoms with E-state index < -0.39 is 28.5 Å². The first-order valence-corrected chi connectivity index (χ1v) is 16.6. The second-order valence-corrected chi connectivity index (χ2v) is 13.1. The Kier molecular flexibility index (Phi) is 11.5. The number of benzene rings is 3. The summed E-state index contributed by atoms with van der Waals surface area (Å²) >= 11 is 6.11. The predicted octanol–water partition coefficient (Wildman–Crippen LogP) is 5.81. The van der Waals surface area contributed by atoms with E-state index in [1.807, 2.05) is 6.92 Å². The number of amides is 2. The van der Waals surface area contributed by atoms with Crippen molar-refractivity contribution in [2.75, 3.05) is 25.1 Å². The molecule has 1 unspecified atom stereocenters. The minimum absolute atomic E-state index is 0.0221. The van der Waals surface area contributed by atoms with Crippen LogP contribution in [0.15, 0.2) is 77.7 Å². The third-order valence-corrected chi connectivity index (χ3v) is 9.91. The number of ether oxygens (including phenoxy) is 2. The van der Waals surface area contributed by atoms with Gasteiger partial charge in [-0.25, -0.2) is 8.42 Å². The summed E-state index contributed by atoms with van der Waals surface area (Å²) in [5.41, 5.74) is 0.973. The van der Waals surface area contributed by atoms with E-state index in [4.69, 9.17) is 21.1 Å². The van der Waals surface area contributed by atoms with Gasteiger partial charge in [-0.1, -0.05) is 68.1 Å². The van der Waals surface area contributed by atoms with E-state index in [0.717, 1.165) is 42.0 Å². The maximum Gasteiger partial charge on any atom is 0.264 e. The molecule has 0 saturated heterocycles. The molecule has 3 aromatic carbocycles. The average Bonchev–Trinajstić information content (AvgIpc) is 3.04. The van der Waals surface area contributed by atoms with E-state index in [9.17, 15) is 18.0 Å². The molecule has 1 saturated carbocycles. The van der Waals surface area contributed by atoms with Gasteiger partial charge in [0, 0.05) is 23.7 Å². The Morgan fingerprint density at radius 3 is 2.20 bits per heavy atom. The van der Waals surface area contributed by atoms with Crippen LogP contribution in [0.25, 0.3) is 0 Å². The third kappa shape index (κ3) is 8.04. The van der Waals surface area contributed by atoms with Gasteiger partial charge in [-0.3, -0.25) is 13.9 Å². The fourth-order valence-corrected chi connectivity index (χ4v) is 7.03. The van der Waals surface area contributed by atoms with Crippen LogP contribution in [0.5, 0.6) is 11.5 Å². The van der Waals surface area contributed by atoms with Gasteiger partial charge in [0.1, 0.15) is 12.6 Å². The molecule has 1 aliphatic rings. The lowest BCUT2D eigenvalue weighted by molar-refractivity contribution is -0.140. The Balaban J connectivity index is 1.73. The zero-order valence-corrected chi connectivity index (χ0v) is 26.9. The molecule has 1 atom stereocenters. The molecule has 11 heteroatoms. The van der Waals surface area contributed by atoms with Gasteiger partial charge in [0.05, 0.1) is 24.8 Å². The number of carbonyl (C=O) groups excluding carboxylic acids is 2. The molecule has 0 spiro atoms. The largest absolute Gasteiger partial charge is 0.493 e. The molecule has 3 aromatic rings. The van der Waals surface area contributed by atoms with Crippen LogP contribution < -0.4 is 19.1 Å². The highest BCUT2D eigenvalue weighted by atomic mass is 35.5. The molecule has 0 aromatic heterocycles. The lowest BCUT2D eigenvalue weighted by Crippen LogP contribution is -2.54. The number of rotatable bonds is 13. The van der Waals surface area contributed by atoms with Crippen LogP contribution in [-0.4, -0.2) is 58.0 Å². The molecular weight excluding hydrogens is 602 g/mol. The van der Waals surface area contributed by atoms with Crippen LogP contribution >= 0.6 is 11.6 Å². The standard InChI is InChI=1S/C33H40ClN3O6S/c1-4-29(33(39)35-26-11-7-5-8-12-26)36(22-24-15-17-25(34)18-16-24)32(38)23-37(44(40,41)28-13-9-6-10-14-28)27-19-20-30(42-2)31(21-27)43-3/h6,9-10,13-21,26,29H,4-5,7-8,11-12,22-23H2,1-3H3,(H,35,39). The molecule has 9 nitrogen and oxygen atoms in total. The van der Waals surface area contributed by atoms with Crippen molar-refractivity contribution in [1.82, 2.24) is 10.2 Å². The van der Waals surface area contributed by atoms with Gasteiger partial charge in [0.2, 0.25) is 11.8 Å². The van der Waals surface area contributed by atoms with E-state index in [1.54, 1.807) is 54.6 Å². The average molecular weight is 642 g/mol. The Hall–Kier alpha value is -3.76. The number of nitrogens with zero attached hydrogens (tertiary/aromatic N) is 2. The fourth-order valence-electron chi connectivity index (χ4n) is 5.48. The highest BCUT2D eigenvalue weighted by Crippen LogP contribution is 2.34. The number of carbonyl (C=O) groups is 2. The molecule has 236 valence electrons. The molecule has 1 N–H and O–H groups in total. The van der Waals surface area contributed by atoms with Crippen molar-refractivity contribution >= 4 is 39.1 Å². The minimum Gasteiger partial charge on any atom is -0.493 e. The van der Waals surface area contributed by atoms with Crippen molar-refractivity contribution in [3.8, 4) is 11.5 Å². The zero-order valence-electron chi connectivity index (χ0n) is 25.4. The predicted molar refractivity (Wildman–Crippen MR) is 172 cm³/mol. The topological polar surface area (TPSA) is 105 Å². The van der Waals surface area contributed by atoms with Gasteiger partial charge in [0.25, 0.3) is 10.0 Å². The second-order valence-electron chi connectivity index (χ2n) is 10.8. The van der Waals surface area contributed by atoms with Crippen molar-refractivity contribution in [1.29, 1.82) is 0 Å². The quantitative estimate of drug-likeness (QED) is 0.253. The molecule has 2 amide bonds. The molecule has 0 bridgehead atoms. The molecule has 1 fully saturated rings. The van der Waals surface area contributed by atoms with Gasteiger partial charge < -0.3 is 19.7 Å². The maximum atomic E-state index is 14.3. The lowest BCUT2D eigenvalue weighted by atomic mass is 9.95. The summed E-state index contributed by atoms with van der Waals surface area (Å²) in [4.78, 5) is 29.5. The number of hydrogen-bond acceptors (Lipinski definition) is 6.